The van der Waals surface area contributed by atoms with Crippen molar-refractivity contribution in [1.82, 2.24) is 4.90 Å². The standard InChI is InChI=1S/C21H26N2O4/c1-5-23(16(3)24)14-17-7-6-8-18(13-17)22-21(25)15(2)27-20-11-9-19(26-4)10-12-20/h6-13,15H,5,14H2,1-4H3,(H,22,25). The number of amides is 2. The lowest BCUT2D eigenvalue weighted by molar-refractivity contribution is -0.129. The third-order valence-corrected chi connectivity index (χ3v) is 4.14. The van der Waals surface area contributed by atoms with Crippen LogP contribution in [0.2, 0.25) is 0 Å². The molecule has 144 valence electrons. The van der Waals surface area contributed by atoms with Gasteiger partial charge in [-0.3, -0.25) is 9.59 Å². The molecule has 0 spiro atoms. The normalized spacial score (nSPS) is 11.4. The van der Waals surface area contributed by atoms with Gasteiger partial charge in [-0.1, -0.05) is 12.1 Å². The molecule has 0 saturated heterocycles. The molecule has 2 rings (SSSR count). The first kappa shape index (κ1) is 20.3. The van der Waals surface area contributed by atoms with E-state index in [9.17, 15) is 9.59 Å². The minimum atomic E-state index is -0.661. The van der Waals surface area contributed by atoms with Gasteiger partial charge in [-0.15, -0.1) is 0 Å². The van der Waals surface area contributed by atoms with Gasteiger partial charge in [-0.2, -0.15) is 0 Å². The van der Waals surface area contributed by atoms with Crippen LogP contribution < -0.4 is 14.8 Å². The first-order valence-corrected chi connectivity index (χ1v) is 8.89. The van der Waals surface area contributed by atoms with Crippen molar-refractivity contribution in [2.45, 2.75) is 33.4 Å². The molecule has 0 aromatic heterocycles. The molecule has 0 radical (unpaired) electrons. The molecular weight excluding hydrogens is 344 g/mol. The number of ether oxygens (including phenoxy) is 2. The highest BCUT2D eigenvalue weighted by atomic mass is 16.5. The zero-order valence-corrected chi connectivity index (χ0v) is 16.2. The predicted octanol–water partition coefficient (Wildman–Crippen LogP) is 3.47. The lowest BCUT2D eigenvalue weighted by Crippen LogP contribution is -2.30. The number of rotatable bonds is 8. The zero-order valence-electron chi connectivity index (χ0n) is 16.2. The Morgan fingerprint density at radius 2 is 1.78 bits per heavy atom. The number of hydrogen-bond acceptors (Lipinski definition) is 4. The van der Waals surface area contributed by atoms with Crippen molar-refractivity contribution in [3.8, 4) is 11.5 Å². The SMILES string of the molecule is CCN(Cc1cccc(NC(=O)C(C)Oc2ccc(OC)cc2)c1)C(C)=O. The summed E-state index contributed by atoms with van der Waals surface area (Å²) in [7, 11) is 1.59. The van der Waals surface area contributed by atoms with Crippen LogP contribution in [0.15, 0.2) is 48.5 Å². The van der Waals surface area contributed by atoms with E-state index in [1.807, 2.05) is 31.2 Å². The maximum Gasteiger partial charge on any atom is 0.265 e. The fraction of sp³-hybridized carbons (Fsp3) is 0.333. The van der Waals surface area contributed by atoms with Crippen LogP contribution in [0.5, 0.6) is 11.5 Å². The maximum absolute atomic E-state index is 12.4. The smallest absolute Gasteiger partial charge is 0.265 e. The van der Waals surface area contributed by atoms with Crippen molar-refractivity contribution in [2.75, 3.05) is 19.0 Å². The molecule has 2 amide bonds. The van der Waals surface area contributed by atoms with E-state index in [1.165, 1.54) is 0 Å². The quantitative estimate of drug-likeness (QED) is 0.773. The van der Waals surface area contributed by atoms with Gasteiger partial charge in [0.25, 0.3) is 5.91 Å². The van der Waals surface area contributed by atoms with E-state index in [2.05, 4.69) is 5.32 Å². The lowest BCUT2D eigenvalue weighted by Gasteiger charge is -2.19. The van der Waals surface area contributed by atoms with Crippen LogP contribution in [-0.4, -0.2) is 36.5 Å². The van der Waals surface area contributed by atoms with Crippen LogP contribution in [0.1, 0.15) is 26.3 Å². The van der Waals surface area contributed by atoms with Gasteiger partial charge in [0.2, 0.25) is 5.91 Å². The fourth-order valence-corrected chi connectivity index (χ4v) is 2.57. The summed E-state index contributed by atoms with van der Waals surface area (Å²) in [5.41, 5.74) is 1.62. The second-order valence-corrected chi connectivity index (χ2v) is 6.16. The third-order valence-electron chi connectivity index (χ3n) is 4.14. The Morgan fingerprint density at radius 1 is 1.11 bits per heavy atom. The van der Waals surface area contributed by atoms with Crippen molar-refractivity contribution in [3.05, 3.63) is 54.1 Å². The average molecular weight is 370 g/mol. The van der Waals surface area contributed by atoms with Gasteiger partial charge in [-0.25, -0.2) is 0 Å². The van der Waals surface area contributed by atoms with Gasteiger partial charge in [0.1, 0.15) is 11.5 Å². The van der Waals surface area contributed by atoms with Gasteiger partial charge in [0.15, 0.2) is 6.10 Å². The third kappa shape index (κ3) is 6.02. The number of methoxy groups -OCH3 is 1. The van der Waals surface area contributed by atoms with E-state index >= 15 is 0 Å². The number of nitrogens with one attached hydrogen (secondary N) is 1. The molecule has 0 aliphatic heterocycles. The second-order valence-electron chi connectivity index (χ2n) is 6.16. The summed E-state index contributed by atoms with van der Waals surface area (Å²) in [5.74, 6) is 1.09. The van der Waals surface area contributed by atoms with Crippen molar-refractivity contribution < 1.29 is 19.1 Å². The first-order chi connectivity index (χ1) is 12.9. The largest absolute Gasteiger partial charge is 0.497 e. The second kappa shape index (κ2) is 9.62. The number of hydrogen-bond donors (Lipinski definition) is 1. The predicted molar refractivity (Wildman–Crippen MR) is 105 cm³/mol. The highest BCUT2D eigenvalue weighted by molar-refractivity contribution is 5.94. The molecule has 2 aromatic carbocycles. The number of carbonyl (C=O) groups is 2. The fourth-order valence-electron chi connectivity index (χ4n) is 2.57. The molecule has 6 heteroatoms. The van der Waals surface area contributed by atoms with Crippen LogP contribution in [0.3, 0.4) is 0 Å². The Kier molecular flexibility index (Phi) is 7.23. The van der Waals surface area contributed by atoms with Gasteiger partial charge in [-0.05, 0) is 55.8 Å². The highest BCUT2D eigenvalue weighted by Crippen LogP contribution is 2.19. The molecule has 0 aliphatic carbocycles. The molecule has 0 bridgehead atoms. The Balaban J connectivity index is 1.97. The highest BCUT2D eigenvalue weighted by Gasteiger charge is 2.15. The van der Waals surface area contributed by atoms with E-state index in [1.54, 1.807) is 50.1 Å². The minimum absolute atomic E-state index is 0.0217. The summed E-state index contributed by atoms with van der Waals surface area (Å²) in [6.07, 6.45) is -0.661. The summed E-state index contributed by atoms with van der Waals surface area (Å²) < 4.78 is 10.8. The molecule has 0 fully saturated rings. The average Bonchev–Trinajstić information content (AvgIpc) is 2.66. The van der Waals surface area contributed by atoms with Crippen LogP contribution in [0.25, 0.3) is 0 Å². The van der Waals surface area contributed by atoms with E-state index < -0.39 is 6.10 Å². The van der Waals surface area contributed by atoms with Gasteiger partial charge >= 0.3 is 0 Å². The Hall–Kier alpha value is -3.02. The Morgan fingerprint density at radius 3 is 2.37 bits per heavy atom. The number of nitrogens with zero attached hydrogens (tertiary/aromatic N) is 1. The molecule has 27 heavy (non-hydrogen) atoms. The van der Waals surface area contributed by atoms with E-state index in [0.717, 1.165) is 11.3 Å². The monoisotopic (exact) mass is 370 g/mol. The number of anilines is 1. The number of benzene rings is 2. The lowest BCUT2D eigenvalue weighted by atomic mass is 10.2. The molecule has 6 nitrogen and oxygen atoms in total. The summed E-state index contributed by atoms with van der Waals surface area (Å²) in [4.78, 5) is 25.7. The van der Waals surface area contributed by atoms with Crippen LogP contribution >= 0.6 is 0 Å². The summed E-state index contributed by atoms with van der Waals surface area (Å²) in [6, 6.07) is 14.5. The Labute approximate surface area is 160 Å². The number of carbonyl (C=O) groups excluding carboxylic acids is 2. The molecule has 0 saturated carbocycles. The van der Waals surface area contributed by atoms with Crippen LogP contribution in [0.4, 0.5) is 5.69 Å². The molecule has 0 aliphatic rings. The van der Waals surface area contributed by atoms with E-state index in [0.29, 0.717) is 24.5 Å². The minimum Gasteiger partial charge on any atom is -0.497 e. The van der Waals surface area contributed by atoms with Crippen molar-refractivity contribution in [1.29, 1.82) is 0 Å². The van der Waals surface area contributed by atoms with Gasteiger partial charge in [0.05, 0.1) is 7.11 Å². The Bertz CT molecular complexity index is 774. The van der Waals surface area contributed by atoms with E-state index in [4.69, 9.17) is 9.47 Å². The topological polar surface area (TPSA) is 67.9 Å². The maximum atomic E-state index is 12.4. The molecule has 1 unspecified atom stereocenters. The summed E-state index contributed by atoms with van der Waals surface area (Å²) >= 11 is 0. The first-order valence-electron chi connectivity index (χ1n) is 8.89. The summed E-state index contributed by atoms with van der Waals surface area (Å²) in [6.45, 7) is 6.32. The van der Waals surface area contributed by atoms with Gasteiger partial charge < -0.3 is 19.7 Å². The van der Waals surface area contributed by atoms with Crippen LogP contribution in [0, 0.1) is 0 Å². The molecule has 0 heterocycles. The van der Waals surface area contributed by atoms with Crippen molar-refractivity contribution in [2.24, 2.45) is 0 Å². The summed E-state index contributed by atoms with van der Waals surface area (Å²) in [5, 5.41) is 2.85. The van der Waals surface area contributed by atoms with Crippen LogP contribution in [-0.2, 0) is 16.1 Å². The van der Waals surface area contributed by atoms with E-state index in [-0.39, 0.29) is 11.8 Å². The molecular formula is C21H26N2O4. The van der Waals surface area contributed by atoms with Gasteiger partial charge in [0, 0.05) is 25.7 Å². The van der Waals surface area contributed by atoms with Crippen molar-refractivity contribution >= 4 is 17.5 Å². The van der Waals surface area contributed by atoms with Crippen molar-refractivity contribution in [3.63, 3.8) is 0 Å². The molecule has 2 aromatic rings. The zero-order chi connectivity index (χ0) is 19.8. The molecule has 1 N–H and O–H groups in total. The molecule has 1 atom stereocenters.